The minimum Gasteiger partial charge on any atom is -0.350 e. The summed E-state index contributed by atoms with van der Waals surface area (Å²) in [6.07, 6.45) is 0.870. The number of aryl methyl sites for hydroxylation is 1. The minimum atomic E-state index is -0.332. The van der Waals surface area contributed by atoms with Gasteiger partial charge in [-0.15, -0.1) is 0 Å². The Morgan fingerprint density at radius 1 is 1.43 bits per heavy atom. The lowest BCUT2D eigenvalue weighted by atomic mass is 10.1. The molecule has 1 aromatic heterocycles. The third-order valence-electron chi connectivity index (χ3n) is 3.35. The number of fused-ring (bicyclic) bond motifs is 1. The number of hydrogen-bond donors (Lipinski definition) is 2. The SMILES string of the molecule is CCc1ccc2[nH]c(C(=O)NC3=NCCS3)cc(=O)c2c1. The number of aromatic nitrogens is 1. The van der Waals surface area contributed by atoms with Crippen LogP contribution < -0.4 is 10.7 Å². The summed E-state index contributed by atoms with van der Waals surface area (Å²) >= 11 is 1.50. The largest absolute Gasteiger partial charge is 0.350 e. The van der Waals surface area contributed by atoms with Gasteiger partial charge in [0.05, 0.1) is 6.54 Å². The molecule has 0 radical (unpaired) electrons. The molecule has 0 spiro atoms. The number of H-pyrrole nitrogens is 1. The zero-order valence-electron chi connectivity index (χ0n) is 11.6. The molecule has 0 atom stereocenters. The predicted molar refractivity (Wildman–Crippen MR) is 86.2 cm³/mol. The Balaban J connectivity index is 1.96. The molecule has 0 saturated carbocycles. The molecule has 0 saturated heterocycles. The lowest BCUT2D eigenvalue weighted by molar-refractivity contribution is 0.0973. The molecule has 1 amide bonds. The van der Waals surface area contributed by atoms with Gasteiger partial charge in [-0.25, -0.2) is 0 Å². The molecule has 0 fully saturated rings. The molecule has 0 aliphatic carbocycles. The van der Waals surface area contributed by atoms with Crippen LogP contribution in [0.2, 0.25) is 0 Å². The molecule has 2 aromatic rings. The summed E-state index contributed by atoms with van der Waals surface area (Å²) < 4.78 is 0. The number of hydrogen-bond acceptors (Lipinski definition) is 4. The highest BCUT2D eigenvalue weighted by molar-refractivity contribution is 8.14. The highest BCUT2D eigenvalue weighted by atomic mass is 32.2. The zero-order chi connectivity index (χ0) is 14.8. The van der Waals surface area contributed by atoms with Crippen molar-refractivity contribution in [3.05, 3.63) is 45.7 Å². The van der Waals surface area contributed by atoms with Crippen molar-refractivity contribution in [3.8, 4) is 0 Å². The second kappa shape index (κ2) is 5.73. The summed E-state index contributed by atoms with van der Waals surface area (Å²) in [5.41, 5.74) is 1.88. The van der Waals surface area contributed by atoms with Gasteiger partial charge in [-0.05, 0) is 24.1 Å². The fourth-order valence-electron chi connectivity index (χ4n) is 2.21. The molecule has 1 aromatic carbocycles. The highest BCUT2D eigenvalue weighted by Crippen LogP contribution is 2.13. The van der Waals surface area contributed by atoms with Gasteiger partial charge in [0.2, 0.25) is 0 Å². The van der Waals surface area contributed by atoms with Crippen LogP contribution >= 0.6 is 11.8 Å². The van der Waals surface area contributed by atoms with E-state index in [9.17, 15) is 9.59 Å². The average Bonchev–Trinajstić information content (AvgIpc) is 2.99. The Hall–Kier alpha value is -2.08. The Bertz CT molecular complexity index is 795. The van der Waals surface area contributed by atoms with Crippen molar-refractivity contribution >= 4 is 33.7 Å². The monoisotopic (exact) mass is 301 g/mol. The van der Waals surface area contributed by atoms with Gasteiger partial charge in [0.15, 0.2) is 10.6 Å². The molecular formula is C15H15N3O2S. The summed E-state index contributed by atoms with van der Waals surface area (Å²) in [5, 5.41) is 3.94. The molecule has 2 N–H and O–H groups in total. The van der Waals surface area contributed by atoms with Crippen LogP contribution in [0.3, 0.4) is 0 Å². The van der Waals surface area contributed by atoms with E-state index in [1.807, 2.05) is 25.1 Å². The number of amidine groups is 1. The van der Waals surface area contributed by atoms with E-state index in [2.05, 4.69) is 15.3 Å². The second-order valence-corrected chi connectivity index (χ2v) is 5.85. The molecule has 108 valence electrons. The number of pyridine rings is 1. The number of amides is 1. The summed E-state index contributed by atoms with van der Waals surface area (Å²) in [4.78, 5) is 31.5. The van der Waals surface area contributed by atoms with Crippen LogP contribution in [-0.4, -0.2) is 28.4 Å². The van der Waals surface area contributed by atoms with Crippen molar-refractivity contribution in [2.45, 2.75) is 13.3 Å². The second-order valence-electron chi connectivity index (χ2n) is 4.77. The van der Waals surface area contributed by atoms with Crippen molar-refractivity contribution in [1.29, 1.82) is 0 Å². The van der Waals surface area contributed by atoms with Crippen molar-refractivity contribution in [2.24, 2.45) is 4.99 Å². The summed E-state index contributed by atoms with van der Waals surface area (Å²) in [7, 11) is 0. The first-order valence-corrected chi connectivity index (χ1v) is 7.80. The number of thioether (sulfide) groups is 1. The van der Waals surface area contributed by atoms with Crippen LogP contribution in [0.25, 0.3) is 10.9 Å². The minimum absolute atomic E-state index is 0.148. The van der Waals surface area contributed by atoms with E-state index < -0.39 is 0 Å². The van der Waals surface area contributed by atoms with E-state index in [4.69, 9.17) is 0 Å². The van der Waals surface area contributed by atoms with Gasteiger partial charge in [-0.1, -0.05) is 24.8 Å². The van der Waals surface area contributed by atoms with E-state index in [0.29, 0.717) is 22.6 Å². The van der Waals surface area contributed by atoms with Gasteiger partial charge in [0, 0.05) is 22.7 Å². The van der Waals surface area contributed by atoms with Crippen LogP contribution in [0.4, 0.5) is 0 Å². The van der Waals surface area contributed by atoms with E-state index in [0.717, 1.165) is 17.7 Å². The topological polar surface area (TPSA) is 74.3 Å². The quantitative estimate of drug-likeness (QED) is 0.890. The van der Waals surface area contributed by atoms with E-state index in [1.165, 1.54) is 17.8 Å². The normalized spacial score (nSPS) is 14.2. The van der Waals surface area contributed by atoms with Gasteiger partial charge in [0.25, 0.3) is 5.91 Å². The number of nitrogens with zero attached hydrogens (tertiary/aromatic N) is 1. The van der Waals surface area contributed by atoms with Gasteiger partial charge in [-0.3, -0.25) is 14.6 Å². The summed E-state index contributed by atoms with van der Waals surface area (Å²) in [5.74, 6) is 0.547. The van der Waals surface area contributed by atoms with Crippen LogP contribution in [0.15, 0.2) is 34.1 Å². The number of nitrogens with one attached hydrogen (secondary N) is 2. The maximum absolute atomic E-state index is 12.2. The zero-order valence-corrected chi connectivity index (χ0v) is 12.4. The van der Waals surface area contributed by atoms with Crippen LogP contribution in [0, 0.1) is 0 Å². The van der Waals surface area contributed by atoms with Crippen molar-refractivity contribution in [3.63, 3.8) is 0 Å². The molecule has 6 heteroatoms. The average molecular weight is 301 g/mol. The molecule has 0 bridgehead atoms. The Morgan fingerprint density at radius 2 is 2.29 bits per heavy atom. The third kappa shape index (κ3) is 2.85. The molecule has 0 unspecified atom stereocenters. The van der Waals surface area contributed by atoms with E-state index >= 15 is 0 Å². The number of carbonyl (C=O) groups excluding carboxylic acids is 1. The van der Waals surface area contributed by atoms with Gasteiger partial charge >= 0.3 is 0 Å². The summed E-state index contributed by atoms with van der Waals surface area (Å²) in [6, 6.07) is 7.01. The number of benzene rings is 1. The molecule has 1 aliphatic rings. The van der Waals surface area contributed by atoms with Crippen LogP contribution in [0.5, 0.6) is 0 Å². The van der Waals surface area contributed by atoms with Crippen LogP contribution in [0.1, 0.15) is 23.0 Å². The molecule has 2 heterocycles. The van der Waals surface area contributed by atoms with Crippen molar-refractivity contribution < 1.29 is 4.79 Å². The Morgan fingerprint density at radius 3 is 3.00 bits per heavy atom. The van der Waals surface area contributed by atoms with Gasteiger partial charge < -0.3 is 10.3 Å². The van der Waals surface area contributed by atoms with Crippen molar-refractivity contribution in [2.75, 3.05) is 12.3 Å². The Labute approximate surface area is 125 Å². The number of aromatic amines is 1. The molecule has 21 heavy (non-hydrogen) atoms. The summed E-state index contributed by atoms with van der Waals surface area (Å²) in [6.45, 7) is 2.76. The maximum Gasteiger partial charge on any atom is 0.273 e. The first kappa shape index (κ1) is 13.9. The molecule has 1 aliphatic heterocycles. The third-order valence-corrected chi connectivity index (χ3v) is 4.24. The number of carbonyl (C=O) groups is 1. The van der Waals surface area contributed by atoms with E-state index in [1.54, 1.807) is 0 Å². The fourth-order valence-corrected chi connectivity index (χ4v) is 2.94. The van der Waals surface area contributed by atoms with Crippen molar-refractivity contribution in [1.82, 2.24) is 10.3 Å². The van der Waals surface area contributed by atoms with Gasteiger partial charge in [0.1, 0.15) is 5.69 Å². The lowest BCUT2D eigenvalue weighted by Crippen LogP contribution is -2.29. The number of rotatable bonds is 2. The molecular weight excluding hydrogens is 286 g/mol. The molecule has 3 rings (SSSR count). The first-order valence-electron chi connectivity index (χ1n) is 6.82. The lowest BCUT2D eigenvalue weighted by Gasteiger charge is -2.06. The fraction of sp³-hybridized carbons (Fsp3) is 0.267. The predicted octanol–water partition coefficient (Wildman–Crippen LogP) is 1.92. The Kier molecular flexibility index (Phi) is 3.79. The van der Waals surface area contributed by atoms with Gasteiger partial charge in [-0.2, -0.15) is 0 Å². The maximum atomic E-state index is 12.2. The molecule has 5 nitrogen and oxygen atoms in total. The highest BCUT2D eigenvalue weighted by Gasteiger charge is 2.14. The standard InChI is InChI=1S/C15H15N3O2S/c1-2-9-3-4-11-10(7-9)13(19)8-12(17-11)14(20)18-15-16-5-6-21-15/h3-4,7-8H,2,5-6H2,1H3,(H,17,19)(H,16,18,20). The van der Waals surface area contributed by atoms with E-state index in [-0.39, 0.29) is 17.0 Å². The van der Waals surface area contributed by atoms with Crippen LogP contribution in [-0.2, 0) is 6.42 Å². The number of aliphatic imine (C=N–C) groups is 1. The smallest absolute Gasteiger partial charge is 0.273 e. The first-order chi connectivity index (χ1) is 10.2.